The number of hydrogen-bond donors (Lipinski definition) is 0. The maximum absolute atomic E-state index is 5.35. The van der Waals surface area contributed by atoms with Crippen molar-refractivity contribution < 1.29 is 8.92 Å². The molecule has 0 N–H and O–H groups in total. The molecule has 0 radical (unpaired) electrons. The van der Waals surface area contributed by atoms with E-state index >= 15 is 0 Å². The Morgan fingerprint density at radius 3 is 3.27 bits per heavy atom. The van der Waals surface area contributed by atoms with Gasteiger partial charge in [-0.2, -0.15) is 0 Å². The topological polar surface area (TPSA) is 18.5 Å². The van der Waals surface area contributed by atoms with Gasteiger partial charge in [0.15, 0.2) is 0 Å². The van der Waals surface area contributed by atoms with Crippen LogP contribution in [0.1, 0.15) is 6.42 Å². The van der Waals surface area contributed by atoms with Crippen LogP contribution in [-0.2, 0) is 8.92 Å². The van der Waals surface area contributed by atoms with Crippen LogP contribution in [0.5, 0.6) is 0 Å². The lowest BCUT2D eigenvalue weighted by atomic mass is 10.3. The summed E-state index contributed by atoms with van der Waals surface area (Å²) in [6.07, 6.45) is 1.02. The highest BCUT2D eigenvalue weighted by molar-refractivity contribution is 8.06. The second-order valence-corrected chi connectivity index (χ2v) is 4.24. The van der Waals surface area contributed by atoms with E-state index in [-0.39, 0.29) is 0 Å². The molecule has 0 atom stereocenters. The minimum atomic E-state index is 0.350. The van der Waals surface area contributed by atoms with E-state index in [0.29, 0.717) is 6.79 Å². The van der Waals surface area contributed by atoms with Crippen LogP contribution in [0.2, 0.25) is 0 Å². The zero-order valence-corrected chi connectivity index (χ0v) is 7.59. The first kappa shape index (κ1) is 7.58. The molecule has 0 aliphatic carbocycles. The molecule has 0 saturated heterocycles. The second-order valence-electron chi connectivity index (χ2n) is 2.24. The van der Waals surface area contributed by atoms with Gasteiger partial charge in [-0.25, -0.2) is 0 Å². The summed E-state index contributed by atoms with van der Waals surface area (Å²) in [4.78, 5) is 2.17. The maximum Gasteiger partial charge on any atom is 0.201 e. The molecule has 0 saturated carbocycles. The number of hydrogen-bond acceptors (Lipinski definition) is 4. The minimum Gasteiger partial charge on any atom is -0.470 e. The fourth-order valence-electron chi connectivity index (χ4n) is 1.04. The van der Waals surface area contributed by atoms with Gasteiger partial charge in [-0.05, 0) is 0 Å². The quantitative estimate of drug-likeness (QED) is 0.543. The molecule has 0 spiro atoms. The average molecular weight is 188 g/mol. The zero-order chi connectivity index (χ0) is 7.68. The summed E-state index contributed by atoms with van der Waals surface area (Å²) in [5.74, 6) is 2.18. The molecular formula is C7H8O2S2. The van der Waals surface area contributed by atoms with Crippen molar-refractivity contribution in [1.29, 1.82) is 0 Å². The third kappa shape index (κ3) is 1.43. The van der Waals surface area contributed by atoms with E-state index in [0.717, 1.165) is 22.8 Å². The highest BCUT2D eigenvalue weighted by atomic mass is 32.2. The molecule has 4 heteroatoms. The lowest BCUT2D eigenvalue weighted by molar-refractivity contribution is 0.0773. The van der Waals surface area contributed by atoms with E-state index in [4.69, 9.17) is 8.92 Å². The van der Waals surface area contributed by atoms with Crippen molar-refractivity contribution >= 4 is 23.8 Å². The van der Waals surface area contributed by atoms with E-state index in [1.54, 1.807) is 11.8 Å². The molecule has 60 valence electrons. The second kappa shape index (κ2) is 3.13. The molecule has 0 fully saturated rings. The highest BCUT2D eigenvalue weighted by Gasteiger charge is 2.22. The maximum atomic E-state index is 5.35. The summed E-state index contributed by atoms with van der Waals surface area (Å²) >= 11 is 3.12. The third-order valence-electron chi connectivity index (χ3n) is 1.52. The summed E-state index contributed by atoms with van der Waals surface area (Å²) in [5, 5.41) is 0. The first-order valence-electron chi connectivity index (χ1n) is 3.35. The van der Waals surface area contributed by atoms with Gasteiger partial charge in [-0.1, -0.05) is 6.58 Å². The van der Waals surface area contributed by atoms with Gasteiger partial charge in [0.2, 0.25) is 6.79 Å². The molecule has 0 unspecified atom stereocenters. The van der Waals surface area contributed by atoms with E-state index in [2.05, 4.69) is 6.58 Å². The molecule has 0 aromatic rings. The fraction of sp³-hybridized carbons (Fsp3) is 0.429. The Labute approximate surface area is 74.2 Å². The molecule has 2 heterocycles. The van der Waals surface area contributed by atoms with Crippen LogP contribution in [0.15, 0.2) is 22.1 Å². The molecule has 2 rings (SSSR count). The van der Waals surface area contributed by atoms with Gasteiger partial charge in [0, 0.05) is 29.1 Å². The molecule has 2 nitrogen and oxygen atoms in total. The van der Waals surface area contributed by atoms with Crippen molar-refractivity contribution in [2.24, 2.45) is 0 Å². The first-order chi connectivity index (χ1) is 5.38. The minimum absolute atomic E-state index is 0.350. The number of ether oxygens (including phenoxy) is 1. The lowest BCUT2D eigenvalue weighted by Gasteiger charge is -2.00. The standard InChI is InChI=1S/C7H8O2S2/c1-5-7-6(2-3-10-7)8-4-9-11-5/h1-4H2. The summed E-state index contributed by atoms with van der Waals surface area (Å²) in [7, 11) is 0. The van der Waals surface area contributed by atoms with Gasteiger partial charge in [0.05, 0.1) is 4.91 Å². The Kier molecular flexibility index (Phi) is 2.16. The van der Waals surface area contributed by atoms with E-state index in [9.17, 15) is 0 Å². The zero-order valence-electron chi connectivity index (χ0n) is 5.96. The SMILES string of the molecule is C=C1SOCOC2=C1SCC2. The summed E-state index contributed by atoms with van der Waals surface area (Å²) in [6.45, 7) is 4.25. The van der Waals surface area contributed by atoms with Gasteiger partial charge < -0.3 is 4.74 Å². The number of allylic oxidation sites excluding steroid dienone is 1. The molecule has 0 aromatic heterocycles. The largest absolute Gasteiger partial charge is 0.470 e. The van der Waals surface area contributed by atoms with Gasteiger partial charge in [-0.15, -0.1) is 11.8 Å². The molecule has 0 bridgehead atoms. The van der Waals surface area contributed by atoms with Crippen molar-refractivity contribution in [3.63, 3.8) is 0 Å². The Balaban J connectivity index is 2.25. The van der Waals surface area contributed by atoms with Crippen LogP contribution < -0.4 is 0 Å². The van der Waals surface area contributed by atoms with Crippen molar-refractivity contribution in [1.82, 2.24) is 0 Å². The van der Waals surface area contributed by atoms with Gasteiger partial charge in [-0.3, -0.25) is 4.18 Å². The van der Waals surface area contributed by atoms with Crippen LogP contribution in [0, 0.1) is 0 Å². The van der Waals surface area contributed by atoms with Gasteiger partial charge in [0.25, 0.3) is 0 Å². The highest BCUT2D eigenvalue weighted by Crippen LogP contribution is 2.42. The summed E-state index contributed by atoms with van der Waals surface area (Å²) in [5.41, 5.74) is 0. The Morgan fingerprint density at radius 1 is 1.45 bits per heavy atom. The molecule has 11 heavy (non-hydrogen) atoms. The van der Waals surface area contributed by atoms with Crippen molar-refractivity contribution in [3.05, 3.63) is 22.1 Å². The molecule has 0 amide bonds. The average Bonchev–Trinajstić information content (AvgIpc) is 2.40. The van der Waals surface area contributed by atoms with Crippen molar-refractivity contribution in [2.75, 3.05) is 12.5 Å². The van der Waals surface area contributed by atoms with E-state index in [1.165, 1.54) is 16.9 Å². The molecular weight excluding hydrogens is 180 g/mol. The molecule has 2 aliphatic heterocycles. The predicted molar refractivity (Wildman–Crippen MR) is 47.9 cm³/mol. The van der Waals surface area contributed by atoms with Crippen LogP contribution in [0.4, 0.5) is 0 Å². The van der Waals surface area contributed by atoms with Crippen LogP contribution >= 0.6 is 23.8 Å². The van der Waals surface area contributed by atoms with Crippen LogP contribution in [0.3, 0.4) is 0 Å². The Bertz CT molecular complexity index is 222. The van der Waals surface area contributed by atoms with Crippen LogP contribution in [-0.4, -0.2) is 12.5 Å². The number of rotatable bonds is 0. The van der Waals surface area contributed by atoms with Gasteiger partial charge in [0.1, 0.15) is 5.76 Å². The van der Waals surface area contributed by atoms with Gasteiger partial charge >= 0.3 is 0 Å². The predicted octanol–water partition coefficient (Wildman–Crippen LogP) is 2.50. The summed E-state index contributed by atoms with van der Waals surface area (Å²) in [6, 6.07) is 0. The Hall–Kier alpha value is -0.0600. The monoisotopic (exact) mass is 188 g/mol. The first-order valence-corrected chi connectivity index (χ1v) is 5.08. The van der Waals surface area contributed by atoms with Crippen molar-refractivity contribution in [2.45, 2.75) is 6.42 Å². The summed E-state index contributed by atoms with van der Waals surface area (Å²) < 4.78 is 10.4. The van der Waals surface area contributed by atoms with Crippen LogP contribution in [0.25, 0.3) is 0 Å². The molecule has 2 aliphatic rings. The molecule has 0 aromatic carbocycles. The van der Waals surface area contributed by atoms with Crippen molar-refractivity contribution in [3.8, 4) is 0 Å². The van der Waals surface area contributed by atoms with E-state index in [1.807, 2.05) is 0 Å². The normalized spacial score (nSPS) is 24.5. The number of thioether (sulfide) groups is 1. The Morgan fingerprint density at radius 2 is 2.36 bits per heavy atom. The lowest BCUT2D eigenvalue weighted by Crippen LogP contribution is -1.91. The van der Waals surface area contributed by atoms with E-state index < -0.39 is 0 Å². The fourth-order valence-corrected chi connectivity index (χ4v) is 2.72. The smallest absolute Gasteiger partial charge is 0.201 e. The third-order valence-corrected chi connectivity index (χ3v) is 3.44.